The van der Waals surface area contributed by atoms with E-state index in [0.29, 0.717) is 15.7 Å². The summed E-state index contributed by atoms with van der Waals surface area (Å²) in [5.41, 5.74) is 1.18. The molecule has 0 radical (unpaired) electrons. The molecule has 0 atom stereocenters. The maximum atomic E-state index is 13.2. The molecule has 0 fully saturated rings. The molecule has 0 unspecified atom stereocenters. The molecule has 1 N–H and O–H groups in total. The lowest BCUT2D eigenvalue weighted by atomic mass is 10.1. The molecule has 100 valence electrons. The van der Waals surface area contributed by atoms with Crippen LogP contribution in [-0.4, -0.2) is 5.91 Å². The number of carbonyl (C=O) groups is 1. The molecule has 0 aliphatic rings. The van der Waals surface area contributed by atoms with E-state index in [9.17, 15) is 9.18 Å². The van der Waals surface area contributed by atoms with Crippen molar-refractivity contribution in [3.8, 4) is 0 Å². The highest BCUT2D eigenvalue weighted by Gasteiger charge is 2.12. The molecule has 1 aromatic heterocycles. The highest BCUT2D eigenvalue weighted by molar-refractivity contribution is 9.10. The van der Waals surface area contributed by atoms with Crippen LogP contribution in [0.15, 0.2) is 52.3 Å². The van der Waals surface area contributed by atoms with Gasteiger partial charge in [0.05, 0.1) is 10.0 Å². The molecule has 0 aliphatic carbocycles. The first-order valence-corrected chi connectivity index (χ1v) is 7.55. The van der Waals surface area contributed by atoms with Crippen LogP contribution in [0.1, 0.15) is 10.4 Å². The lowest BCUT2D eigenvalue weighted by Gasteiger charge is -2.05. The van der Waals surface area contributed by atoms with E-state index >= 15 is 0 Å². The fraction of sp³-hybridized carbons (Fsp3) is 0. The van der Waals surface area contributed by atoms with Crippen molar-refractivity contribution < 1.29 is 9.18 Å². The summed E-state index contributed by atoms with van der Waals surface area (Å²) in [5.74, 6) is -0.551. The molecule has 20 heavy (non-hydrogen) atoms. The van der Waals surface area contributed by atoms with Crippen molar-refractivity contribution in [3.63, 3.8) is 0 Å². The third-order valence-corrected chi connectivity index (χ3v) is 4.47. The van der Waals surface area contributed by atoms with Crippen LogP contribution >= 0.6 is 27.3 Å². The number of halogens is 2. The van der Waals surface area contributed by atoms with Crippen molar-refractivity contribution in [1.82, 2.24) is 0 Å². The first-order valence-electron chi connectivity index (χ1n) is 5.88. The van der Waals surface area contributed by atoms with Crippen LogP contribution in [0.2, 0.25) is 0 Å². The molecule has 0 spiro atoms. The van der Waals surface area contributed by atoms with E-state index in [-0.39, 0.29) is 11.7 Å². The summed E-state index contributed by atoms with van der Waals surface area (Å²) in [7, 11) is 0. The predicted octanol–water partition coefficient (Wildman–Crippen LogP) is 5.06. The zero-order chi connectivity index (χ0) is 14.1. The third kappa shape index (κ3) is 2.46. The van der Waals surface area contributed by atoms with Crippen LogP contribution in [0.5, 0.6) is 0 Å². The minimum absolute atomic E-state index is 0.194. The molecule has 2 nitrogen and oxygen atoms in total. The normalized spacial score (nSPS) is 10.7. The lowest BCUT2D eigenvalue weighted by molar-refractivity contribution is 0.102. The van der Waals surface area contributed by atoms with Gasteiger partial charge in [0, 0.05) is 21.2 Å². The summed E-state index contributed by atoms with van der Waals surface area (Å²) in [6.07, 6.45) is 0. The Hall–Kier alpha value is -1.72. The minimum Gasteiger partial charge on any atom is -0.322 e. The Morgan fingerprint density at radius 3 is 2.80 bits per heavy atom. The molecule has 0 bridgehead atoms. The van der Waals surface area contributed by atoms with E-state index in [1.165, 1.54) is 23.5 Å². The fourth-order valence-corrected chi connectivity index (χ4v) is 3.25. The molecular weight excluding hydrogens is 341 g/mol. The average Bonchev–Trinajstić information content (AvgIpc) is 2.87. The van der Waals surface area contributed by atoms with E-state index in [0.717, 1.165) is 10.1 Å². The molecule has 0 saturated heterocycles. The van der Waals surface area contributed by atoms with Gasteiger partial charge in [0.25, 0.3) is 5.91 Å². The van der Waals surface area contributed by atoms with E-state index in [2.05, 4.69) is 21.2 Å². The van der Waals surface area contributed by atoms with E-state index < -0.39 is 0 Å². The van der Waals surface area contributed by atoms with Gasteiger partial charge in [0.2, 0.25) is 0 Å². The van der Waals surface area contributed by atoms with Crippen LogP contribution in [-0.2, 0) is 0 Å². The van der Waals surface area contributed by atoms with Crippen LogP contribution < -0.4 is 5.32 Å². The maximum absolute atomic E-state index is 13.2. The Balaban J connectivity index is 1.91. The van der Waals surface area contributed by atoms with Gasteiger partial charge in [-0.3, -0.25) is 4.79 Å². The minimum atomic E-state index is -0.357. The number of thiophene rings is 1. The van der Waals surface area contributed by atoms with Gasteiger partial charge in [-0.05, 0) is 40.2 Å². The maximum Gasteiger partial charge on any atom is 0.257 e. The number of anilines is 1. The number of hydrogen-bond donors (Lipinski definition) is 1. The topological polar surface area (TPSA) is 29.1 Å². The van der Waals surface area contributed by atoms with Crippen LogP contribution in [0.4, 0.5) is 10.1 Å². The quantitative estimate of drug-likeness (QED) is 0.688. The smallest absolute Gasteiger partial charge is 0.257 e. The summed E-state index contributed by atoms with van der Waals surface area (Å²) < 4.78 is 14.6. The molecule has 5 heteroatoms. The Morgan fingerprint density at radius 2 is 2.00 bits per heavy atom. The lowest BCUT2D eigenvalue weighted by Crippen LogP contribution is -2.11. The standard InChI is InChI=1S/C15H9BrFNOS/c16-12-7-9(5-6-13(12)17)18-15(19)11-8-20-14-4-2-1-3-10(11)14/h1-8H,(H,18,19). The van der Waals surface area contributed by atoms with E-state index in [1.807, 2.05) is 29.6 Å². The first kappa shape index (κ1) is 13.3. The summed E-state index contributed by atoms with van der Waals surface area (Å²) in [5, 5.41) is 5.53. The summed E-state index contributed by atoms with van der Waals surface area (Å²) in [6.45, 7) is 0. The van der Waals surface area contributed by atoms with Gasteiger partial charge in [-0.25, -0.2) is 4.39 Å². The molecule has 3 rings (SSSR count). The van der Waals surface area contributed by atoms with E-state index in [1.54, 1.807) is 6.07 Å². The van der Waals surface area contributed by atoms with Crippen LogP contribution in [0, 0.1) is 5.82 Å². The largest absolute Gasteiger partial charge is 0.322 e. The zero-order valence-corrected chi connectivity index (χ0v) is 12.6. The molecule has 1 amide bonds. The first-order chi connectivity index (χ1) is 9.65. The SMILES string of the molecule is O=C(Nc1ccc(F)c(Br)c1)c1csc2ccccc12. The fourth-order valence-electron chi connectivity index (χ4n) is 1.93. The number of hydrogen-bond acceptors (Lipinski definition) is 2. The number of carbonyl (C=O) groups excluding carboxylic acids is 1. The number of fused-ring (bicyclic) bond motifs is 1. The second-order valence-corrected chi connectivity index (χ2v) is 5.99. The highest BCUT2D eigenvalue weighted by Crippen LogP contribution is 2.27. The predicted molar refractivity (Wildman–Crippen MR) is 83.9 cm³/mol. The molecule has 2 aromatic carbocycles. The second-order valence-electron chi connectivity index (χ2n) is 4.23. The third-order valence-electron chi connectivity index (χ3n) is 2.90. The molecule has 0 saturated carbocycles. The van der Waals surface area contributed by atoms with Gasteiger partial charge < -0.3 is 5.32 Å². The van der Waals surface area contributed by atoms with Crippen LogP contribution in [0.3, 0.4) is 0 Å². The van der Waals surface area contributed by atoms with Crippen molar-refractivity contribution in [1.29, 1.82) is 0 Å². The number of rotatable bonds is 2. The highest BCUT2D eigenvalue weighted by atomic mass is 79.9. The Bertz CT molecular complexity index is 799. The van der Waals surface area contributed by atoms with Crippen molar-refractivity contribution in [2.45, 2.75) is 0 Å². The number of benzene rings is 2. The van der Waals surface area contributed by atoms with Crippen molar-refractivity contribution >= 4 is 48.9 Å². The summed E-state index contributed by atoms with van der Waals surface area (Å²) >= 11 is 4.63. The number of nitrogens with one attached hydrogen (secondary N) is 1. The Morgan fingerprint density at radius 1 is 1.20 bits per heavy atom. The van der Waals surface area contributed by atoms with Crippen molar-refractivity contribution in [2.24, 2.45) is 0 Å². The number of amides is 1. The van der Waals surface area contributed by atoms with Crippen molar-refractivity contribution in [2.75, 3.05) is 5.32 Å². The molecule has 1 heterocycles. The van der Waals surface area contributed by atoms with Gasteiger partial charge in [-0.1, -0.05) is 18.2 Å². The van der Waals surface area contributed by atoms with Gasteiger partial charge >= 0.3 is 0 Å². The van der Waals surface area contributed by atoms with Gasteiger partial charge in [-0.2, -0.15) is 0 Å². The van der Waals surface area contributed by atoms with Gasteiger partial charge in [-0.15, -0.1) is 11.3 Å². The summed E-state index contributed by atoms with van der Waals surface area (Å²) in [6, 6.07) is 12.1. The molecule has 3 aromatic rings. The Kier molecular flexibility index (Phi) is 3.54. The van der Waals surface area contributed by atoms with E-state index in [4.69, 9.17) is 0 Å². The monoisotopic (exact) mass is 349 g/mol. The molecular formula is C15H9BrFNOS. The molecule has 0 aliphatic heterocycles. The van der Waals surface area contributed by atoms with Gasteiger partial charge in [0.15, 0.2) is 0 Å². The van der Waals surface area contributed by atoms with Gasteiger partial charge in [0.1, 0.15) is 5.82 Å². The average molecular weight is 350 g/mol. The zero-order valence-electron chi connectivity index (χ0n) is 10.2. The second kappa shape index (κ2) is 5.34. The van der Waals surface area contributed by atoms with Crippen molar-refractivity contribution in [3.05, 3.63) is 63.7 Å². The summed E-state index contributed by atoms with van der Waals surface area (Å²) in [4.78, 5) is 12.3. The Labute approximate surface area is 127 Å². The van der Waals surface area contributed by atoms with Crippen LogP contribution in [0.25, 0.3) is 10.1 Å².